The summed E-state index contributed by atoms with van der Waals surface area (Å²) in [4.78, 5) is 25.3. The molecule has 1 saturated heterocycles. The molecule has 0 bridgehead atoms. The second-order valence-corrected chi connectivity index (χ2v) is 14.8. The smallest absolute Gasteiger partial charge is 0.306 e. The Morgan fingerprint density at radius 3 is 1.62 bits per heavy atom. The molecule has 0 aromatic heterocycles. The number of unbranched alkanes of at least 4 members (excludes halogenated alkanes) is 16. The predicted octanol–water partition coefficient (Wildman–Crippen LogP) is 8.88. The Balaban J connectivity index is 2.40. The average molecular weight is 779 g/mol. The highest BCUT2D eigenvalue weighted by molar-refractivity contribution is 5.70. The van der Waals surface area contributed by atoms with E-state index in [0.717, 1.165) is 57.8 Å². The maximum absolute atomic E-state index is 12.7. The summed E-state index contributed by atoms with van der Waals surface area (Å²) < 4.78 is 22.1. The fourth-order valence-electron chi connectivity index (χ4n) is 6.19. The molecule has 0 saturated carbocycles. The van der Waals surface area contributed by atoms with Gasteiger partial charge >= 0.3 is 11.9 Å². The van der Waals surface area contributed by atoms with Crippen LogP contribution in [0.4, 0.5) is 0 Å². The molecule has 2 unspecified atom stereocenters. The molecule has 1 aliphatic rings. The van der Waals surface area contributed by atoms with E-state index in [1.165, 1.54) is 70.6 Å². The van der Waals surface area contributed by atoms with Gasteiger partial charge in [-0.15, -0.1) is 0 Å². The number of carbonyl (C=O) groups excluding carboxylic acids is 2. The lowest BCUT2D eigenvalue weighted by Crippen LogP contribution is -2.59. The number of hydrogen-bond donors (Lipinski definition) is 4. The lowest BCUT2D eigenvalue weighted by Gasteiger charge is -2.39. The first-order valence-electron chi connectivity index (χ1n) is 21.7. The predicted molar refractivity (Wildman–Crippen MR) is 219 cm³/mol. The fourth-order valence-corrected chi connectivity index (χ4v) is 6.19. The third-order valence-electron chi connectivity index (χ3n) is 9.69. The maximum Gasteiger partial charge on any atom is 0.306 e. The molecule has 0 aromatic carbocycles. The Bertz CT molecular complexity index is 1040. The highest BCUT2D eigenvalue weighted by atomic mass is 16.7. The molecule has 1 fully saturated rings. The normalized spacial score (nSPS) is 21.0. The molecule has 0 spiro atoms. The van der Waals surface area contributed by atoms with Gasteiger partial charge in [-0.3, -0.25) is 9.59 Å². The number of esters is 2. The minimum absolute atomic E-state index is 0.177. The van der Waals surface area contributed by atoms with Gasteiger partial charge < -0.3 is 39.4 Å². The highest BCUT2D eigenvalue weighted by Crippen LogP contribution is 2.22. The molecule has 4 N–H and O–H groups in total. The van der Waals surface area contributed by atoms with Crippen LogP contribution < -0.4 is 0 Å². The number of carbonyl (C=O) groups is 2. The monoisotopic (exact) mass is 779 g/mol. The van der Waals surface area contributed by atoms with Crippen molar-refractivity contribution >= 4 is 11.9 Å². The van der Waals surface area contributed by atoms with Crippen LogP contribution in [0.3, 0.4) is 0 Å². The van der Waals surface area contributed by atoms with Crippen LogP contribution in [0.25, 0.3) is 0 Å². The van der Waals surface area contributed by atoms with Crippen LogP contribution >= 0.6 is 0 Å². The van der Waals surface area contributed by atoms with Crippen LogP contribution in [0.15, 0.2) is 48.6 Å². The molecular weight excluding hydrogens is 700 g/mol. The first kappa shape index (κ1) is 50.7. The molecule has 1 rings (SSSR count). The third kappa shape index (κ3) is 27.8. The number of aliphatic hydroxyl groups excluding tert-OH is 4. The van der Waals surface area contributed by atoms with Gasteiger partial charge in [-0.05, 0) is 77.0 Å². The summed E-state index contributed by atoms with van der Waals surface area (Å²) in [5.74, 6) is -0.872. The second-order valence-electron chi connectivity index (χ2n) is 14.8. The molecular formula is C45H78O10. The molecule has 318 valence electrons. The molecule has 10 nitrogen and oxygen atoms in total. The van der Waals surface area contributed by atoms with Crippen molar-refractivity contribution in [2.75, 3.05) is 19.8 Å². The van der Waals surface area contributed by atoms with E-state index in [9.17, 15) is 30.0 Å². The van der Waals surface area contributed by atoms with Gasteiger partial charge in [-0.2, -0.15) is 0 Å². The zero-order valence-electron chi connectivity index (χ0n) is 34.4. The molecule has 0 radical (unpaired) electrons. The summed E-state index contributed by atoms with van der Waals surface area (Å²) >= 11 is 0. The van der Waals surface area contributed by atoms with Crippen LogP contribution in [0.5, 0.6) is 0 Å². The summed E-state index contributed by atoms with van der Waals surface area (Å²) in [5.41, 5.74) is 0. The number of aliphatic hydroxyl groups is 4. The molecule has 1 aliphatic heterocycles. The first-order chi connectivity index (χ1) is 26.8. The third-order valence-corrected chi connectivity index (χ3v) is 9.69. The van der Waals surface area contributed by atoms with Crippen molar-refractivity contribution in [1.29, 1.82) is 0 Å². The van der Waals surface area contributed by atoms with Crippen LogP contribution in [0.1, 0.15) is 168 Å². The fraction of sp³-hybridized carbons (Fsp3) is 0.778. The Morgan fingerprint density at radius 2 is 1.02 bits per heavy atom. The number of allylic oxidation sites excluding steroid dienone is 8. The van der Waals surface area contributed by atoms with Crippen molar-refractivity contribution in [3.05, 3.63) is 48.6 Å². The van der Waals surface area contributed by atoms with E-state index in [-0.39, 0.29) is 26.1 Å². The van der Waals surface area contributed by atoms with Gasteiger partial charge in [-0.25, -0.2) is 0 Å². The van der Waals surface area contributed by atoms with Gasteiger partial charge in [0.1, 0.15) is 31.0 Å². The molecule has 10 heteroatoms. The van der Waals surface area contributed by atoms with Gasteiger partial charge in [0.05, 0.1) is 13.2 Å². The second kappa shape index (κ2) is 36.0. The summed E-state index contributed by atoms with van der Waals surface area (Å²) in [6.07, 6.45) is 34.0. The molecule has 0 aromatic rings. The van der Waals surface area contributed by atoms with E-state index in [4.69, 9.17) is 18.9 Å². The van der Waals surface area contributed by atoms with Crippen LogP contribution in [0, 0.1) is 0 Å². The van der Waals surface area contributed by atoms with E-state index >= 15 is 0 Å². The number of hydrogen-bond acceptors (Lipinski definition) is 10. The lowest BCUT2D eigenvalue weighted by molar-refractivity contribution is -0.305. The van der Waals surface area contributed by atoms with Crippen molar-refractivity contribution < 1.29 is 49.0 Å². The standard InChI is InChI=1S/C45H78O10/c1-3-5-7-9-11-13-15-17-19-21-23-25-27-29-31-33-40(47)52-36-38(37-53-45-44(51)43(50)42(49)39(35-46)55-45)54-41(48)34-32-30-28-26-24-22-20-18-16-14-12-10-8-6-4-2/h12,14,18,20-21,23-24,26,38-39,42-46,49-51H,3-11,13,15-17,19,22,25,27-37H2,1-2H3/b14-12+,20-18+,23-21+,26-24+/t38-,39-,42+,43?,44?,45-/m0/s1. The van der Waals surface area contributed by atoms with Gasteiger partial charge in [0.15, 0.2) is 12.4 Å². The minimum atomic E-state index is -1.60. The van der Waals surface area contributed by atoms with E-state index in [2.05, 4.69) is 62.5 Å². The van der Waals surface area contributed by atoms with E-state index in [1.54, 1.807) is 0 Å². The summed E-state index contributed by atoms with van der Waals surface area (Å²) in [6.45, 7) is 3.33. The minimum Gasteiger partial charge on any atom is -0.462 e. The first-order valence-corrected chi connectivity index (χ1v) is 21.7. The Labute approximate surface area is 333 Å². The Morgan fingerprint density at radius 1 is 0.564 bits per heavy atom. The zero-order chi connectivity index (χ0) is 40.2. The molecule has 0 aliphatic carbocycles. The summed E-state index contributed by atoms with van der Waals surface area (Å²) in [6, 6.07) is 0. The van der Waals surface area contributed by atoms with E-state index in [0.29, 0.717) is 12.8 Å². The molecule has 0 amide bonds. The SMILES string of the molecule is CCCCC/C=C/C/C=C/C/C=C/CCCCC(=O)O[C@@H](COC(=O)CCCCC/C=C/CCCCCCCCCC)CO[C@H]1O[C@@H](CO)[C@@H](O)C(O)C1O. The van der Waals surface area contributed by atoms with Crippen LogP contribution in [-0.2, 0) is 28.5 Å². The molecule has 55 heavy (non-hydrogen) atoms. The van der Waals surface area contributed by atoms with Gasteiger partial charge in [0, 0.05) is 12.8 Å². The Hall–Kier alpha value is -2.34. The topological polar surface area (TPSA) is 152 Å². The summed E-state index contributed by atoms with van der Waals surface area (Å²) in [5, 5.41) is 40.0. The van der Waals surface area contributed by atoms with Crippen molar-refractivity contribution in [3.8, 4) is 0 Å². The maximum atomic E-state index is 12.7. The van der Waals surface area contributed by atoms with Gasteiger partial charge in [0.25, 0.3) is 0 Å². The van der Waals surface area contributed by atoms with Crippen molar-refractivity contribution in [1.82, 2.24) is 0 Å². The van der Waals surface area contributed by atoms with Crippen LogP contribution in [-0.4, -0.2) is 89.0 Å². The average Bonchev–Trinajstić information content (AvgIpc) is 3.18. The van der Waals surface area contributed by atoms with Crippen molar-refractivity contribution in [2.45, 2.75) is 205 Å². The van der Waals surface area contributed by atoms with E-state index in [1.807, 2.05) is 0 Å². The number of ether oxygens (including phenoxy) is 4. The van der Waals surface area contributed by atoms with Crippen LogP contribution in [0.2, 0.25) is 0 Å². The molecule has 6 atom stereocenters. The summed E-state index contributed by atoms with van der Waals surface area (Å²) in [7, 11) is 0. The highest BCUT2D eigenvalue weighted by Gasteiger charge is 2.44. The largest absolute Gasteiger partial charge is 0.462 e. The number of rotatable bonds is 35. The zero-order valence-corrected chi connectivity index (χ0v) is 34.4. The quantitative estimate of drug-likeness (QED) is 0.0279. The molecule has 1 heterocycles. The lowest BCUT2D eigenvalue weighted by atomic mass is 9.99. The Kier molecular flexibility index (Phi) is 33.2. The van der Waals surface area contributed by atoms with Crippen molar-refractivity contribution in [3.63, 3.8) is 0 Å². The van der Waals surface area contributed by atoms with E-state index < -0.39 is 55.4 Å². The van der Waals surface area contributed by atoms with Crippen molar-refractivity contribution in [2.24, 2.45) is 0 Å². The van der Waals surface area contributed by atoms with Gasteiger partial charge in [0.2, 0.25) is 0 Å². The van der Waals surface area contributed by atoms with Gasteiger partial charge in [-0.1, -0.05) is 127 Å².